The van der Waals surface area contributed by atoms with Crippen LogP contribution in [-0.2, 0) is 16.0 Å². The number of carbonyl (C=O) groups is 1. The molecular weight excluding hydrogens is 228 g/mol. The summed E-state index contributed by atoms with van der Waals surface area (Å²) in [5, 5.41) is 2.13. The molecule has 18 heavy (non-hydrogen) atoms. The molecule has 4 nitrogen and oxygen atoms in total. The number of hydrogen-bond donors (Lipinski definition) is 1. The van der Waals surface area contributed by atoms with Gasteiger partial charge in [-0.05, 0) is 38.3 Å². The molecule has 0 bridgehead atoms. The van der Waals surface area contributed by atoms with Crippen LogP contribution in [0.25, 0.3) is 0 Å². The van der Waals surface area contributed by atoms with Crippen LogP contribution in [0.1, 0.15) is 25.8 Å². The van der Waals surface area contributed by atoms with E-state index in [1.165, 1.54) is 11.3 Å². The molecule has 0 aliphatic carbocycles. The Balaban J connectivity index is 1.84. The first kappa shape index (κ1) is 11.5. The summed E-state index contributed by atoms with van der Waals surface area (Å²) < 4.78 is 5.15. The molecule has 0 radical (unpaired) electrons. The van der Waals surface area contributed by atoms with Gasteiger partial charge in [-0.2, -0.15) is 0 Å². The number of nitrogens with one attached hydrogen (secondary N) is 1. The molecule has 0 amide bonds. The standard InChI is InChI=1S/C14H18N2O2/c1-3-18-13(17)14(2)9-11-8-10-6-4-5-7-12(10)16(11)15-14/h4-7,11,15H,3,8-9H2,1-2H3/t11-,14-/m1/s1. The van der Waals surface area contributed by atoms with Crippen LogP contribution >= 0.6 is 0 Å². The number of carbonyl (C=O) groups excluding carboxylic acids is 1. The molecule has 0 spiro atoms. The molecule has 1 N–H and O–H groups in total. The third kappa shape index (κ3) is 1.60. The van der Waals surface area contributed by atoms with Gasteiger partial charge >= 0.3 is 5.97 Å². The van der Waals surface area contributed by atoms with Crippen LogP contribution in [0.15, 0.2) is 24.3 Å². The fraction of sp³-hybridized carbons (Fsp3) is 0.500. The Bertz CT molecular complexity index is 488. The monoisotopic (exact) mass is 246 g/mol. The second-order valence-electron chi connectivity index (χ2n) is 5.23. The molecule has 3 rings (SSSR count). The van der Waals surface area contributed by atoms with E-state index < -0.39 is 5.54 Å². The molecule has 1 saturated heterocycles. The summed E-state index contributed by atoms with van der Waals surface area (Å²) in [4.78, 5) is 12.0. The van der Waals surface area contributed by atoms with Gasteiger partial charge in [-0.15, -0.1) is 0 Å². The number of hydrazine groups is 1. The minimum Gasteiger partial charge on any atom is -0.465 e. The van der Waals surface area contributed by atoms with Crippen LogP contribution in [-0.4, -0.2) is 24.2 Å². The van der Waals surface area contributed by atoms with Crippen molar-refractivity contribution in [3.05, 3.63) is 29.8 Å². The molecular formula is C14H18N2O2. The number of benzene rings is 1. The highest BCUT2D eigenvalue weighted by molar-refractivity contribution is 5.82. The van der Waals surface area contributed by atoms with Crippen LogP contribution in [0.4, 0.5) is 5.69 Å². The van der Waals surface area contributed by atoms with E-state index in [-0.39, 0.29) is 5.97 Å². The van der Waals surface area contributed by atoms with Crippen LogP contribution in [0.2, 0.25) is 0 Å². The minimum absolute atomic E-state index is 0.156. The Morgan fingerprint density at radius 3 is 3.11 bits per heavy atom. The highest BCUT2D eigenvalue weighted by Crippen LogP contribution is 2.39. The van der Waals surface area contributed by atoms with Crippen molar-refractivity contribution >= 4 is 11.7 Å². The van der Waals surface area contributed by atoms with Gasteiger partial charge in [-0.25, -0.2) is 10.2 Å². The lowest BCUT2D eigenvalue weighted by Gasteiger charge is -2.25. The topological polar surface area (TPSA) is 41.6 Å². The number of ether oxygens (including phenoxy) is 1. The summed E-state index contributed by atoms with van der Waals surface area (Å²) in [6.07, 6.45) is 1.79. The predicted octanol–water partition coefficient (Wildman–Crippen LogP) is 1.65. The Labute approximate surface area is 107 Å². The number of nitrogens with zero attached hydrogens (tertiary/aromatic N) is 1. The molecule has 96 valence electrons. The van der Waals surface area contributed by atoms with Crippen molar-refractivity contribution in [1.82, 2.24) is 5.43 Å². The zero-order valence-corrected chi connectivity index (χ0v) is 10.8. The number of para-hydroxylation sites is 1. The number of esters is 1. The van der Waals surface area contributed by atoms with E-state index in [2.05, 4.69) is 28.6 Å². The van der Waals surface area contributed by atoms with E-state index in [9.17, 15) is 4.79 Å². The zero-order chi connectivity index (χ0) is 12.8. The molecule has 2 aliphatic heterocycles. The first-order chi connectivity index (χ1) is 8.64. The smallest absolute Gasteiger partial charge is 0.327 e. The summed E-state index contributed by atoms with van der Waals surface area (Å²) in [5.41, 5.74) is 5.28. The lowest BCUT2D eigenvalue weighted by atomic mass is 9.94. The largest absolute Gasteiger partial charge is 0.465 e. The number of rotatable bonds is 2. The van der Waals surface area contributed by atoms with Crippen molar-refractivity contribution in [2.24, 2.45) is 0 Å². The normalized spacial score (nSPS) is 29.0. The van der Waals surface area contributed by atoms with E-state index in [1.54, 1.807) is 0 Å². The van der Waals surface area contributed by atoms with Gasteiger partial charge in [0.25, 0.3) is 0 Å². The highest BCUT2D eigenvalue weighted by Gasteiger charge is 2.49. The van der Waals surface area contributed by atoms with E-state index in [0.29, 0.717) is 12.6 Å². The Morgan fingerprint density at radius 1 is 1.56 bits per heavy atom. The average molecular weight is 246 g/mol. The fourth-order valence-electron chi connectivity index (χ4n) is 2.98. The molecule has 1 fully saturated rings. The van der Waals surface area contributed by atoms with Gasteiger partial charge in [-0.1, -0.05) is 18.2 Å². The Hall–Kier alpha value is -1.55. The summed E-state index contributed by atoms with van der Waals surface area (Å²) in [5.74, 6) is -0.156. The molecule has 0 aromatic heterocycles. The Morgan fingerprint density at radius 2 is 2.33 bits per heavy atom. The SMILES string of the molecule is CCOC(=O)[C@@]1(C)C[C@H]2Cc3ccccc3N2N1. The maximum Gasteiger partial charge on any atom is 0.327 e. The highest BCUT2D eigenvalue weighted by atomic mass is 16.5. The van der Waals surface area contributed by atoms with E-state index in [4.69, 9.17) is 4.74 Å². The van der Waals surface area contributed by atoms with Gasteiger partial charge < -0.3 is 9.75 Å². The first-order valence-corrected chi connectivity index (χ1v) is 6.46. The molecule has 1 aromatic carbocycles. The van der Waals surface area contributed by atoms with E-state index in [0.717, 1.165) is 12.8 Å². The zero-order valence-electron chi connectivity index (χ0n) is 10.8. The van der Waals surface area contributed by atoms with Gasteiger partial charge in [0, 0.05) is 0 Å². The van der Waals surface area contributed by atoms with Crippen molar-refractivity contribution in [3.63, 3.8) is 0 Å². The van der Waals surface area contributed by atoms with Gasteiger partial charge in [-0.3, -0.25) is 0 Å². The predicted molar refractivity (Wildman–Crippen MR) is 69.2 cm³/mol. The summed E-state index contributed by atoms with van der Waals surface area (Å²) >= 11 is 0. The second-order valence-corrected chi connectivity index (χ2v) is 5.23. The quantitative estimate of drug-likeness (QED) is 0.806. The van der Waals surface area contributed by atoms with Gasteiger partial charge in [0.05, 0.1) is 18.3 Å². The molecule has 4 heteroatoms. The molecule has 0 unspecified atom stereocenters. The van der Waals surface area contributed by atoms with Crippen molar-refractivity contribution in [2.75, 3.05) is 11.6 Å². The van der Waals surface area contributed by atoms with Gasteiger partial charge in [0.2, 0.25) is 0 Å². The minimum atomic E-state index is -0.589. The third-order valence-electron chi connectivity index (χ3n) is 3.81. The van der Waals surface area contributed by atoms with E-state index >= 15 is 0 Å². The van der Waals surface area contributed by atoms with Crippen LogP contribution < -0.4 is 10.4 Å². The molecule has 2 heterocycles. The summed E-state index contributed by atoms with van der Waals surface area (Å²) in [6, 6.07) is 8.70. The van der Waals surface area contributed by atoms with Crippen molar-refractivity contribution in [3.8, 4) is 0 Å². The van der Waals surface area contributed by atoms with Crippen LogP contribution in [0.3, 0.4) is 0 Å². The fourth-order valence-corrected chi connectivity index (χ4v) is 2.98. The molecule has 0 saturated carbocycles. The van der Waals surface area contributed by atoms with Gasteiger partial charge in [0.15, 0.2) is 0 Å². The van der Waals surface area contributed by atoms with Crippen molar-refractivity contribution in [2.45, 2.75) is 38.3 Å². The maximum absolute atomic E-state index is 12.0. The maximum atomic E-state index is 12.0. The number of anilines is 1. The molecule has 1 aromatic rings. The van der Waals surface area contributed by atoms with Gasteiger partial charge in [0.1, 0.15) is 5.54 Å². The van der Waals surface area contributed by atoms with Crippen LogP contribution in [0.5, 0.6) is 0 Å². The number of fused-ring (bicyclic) bond motifs is 3. The Kier molecular flexibility index (Phi) is 2.55. The van der Waals surface area contributed by atoms with E-state index in [1.807, 2.05) is 19.9 Å². The molecule has 2 aliphatic rings. The lowest BCUT2D eigenvalue weighted by Crippen LogP contribution is -2.50. The first-order valence-electron chi connectivity index (χ1n) is 6.46. The van der Waals surface area contributed by atoms with Crippen molar-refractivity contribution in [1.29, 1.82) is 0 Å². The summed E-state index contributed by atoms with van der Waals surface area (Å²) in [6.45, 7) is 4.19. The van der Waals surface area contributed by atoms with Crippen LogP contribution in [0, 0.1) is 0 Å². The third-order valence-corrected chi connectivity index (χ3v) is 3.81. The second kappa shape index (κ2) is 3.99. The van der Waals surface area contributed by atoms with Crippen molar-refractivity contribution < 1.29 is 9.53 Å². The summed E-state index contributed by atoms with van der Waals surface area (Å²) in [7, 11) is 0. The number of hydrogen-bond acceptors (Lipinski definition) is 4. The lowest BCUT2D eigenvalue weighted by molar-refractivity contribution is -0.149. The molecule has 2 atom stereocenters. The average Bonchev–Trinajstić information content (AvgIpc) is 2.84.